The summed E-state index contributed by atoms with van der Waals surface area (Å²) in [5.41, 5.74) is 1.06. The maximum Gasteiger partial charge on any atom is 0.218 e. The van der Waals surface area contributed by atoms with Gasteiger partial charge in [-0.3, -0.25) is 4.79 Å². The molecule has 2 aromatic rings. The predicted octanol–water partition coefficient (Wildman–Crippen LogP) is 2.30. The summed E-state index contributed by atoms with van der Waals surface area (Å²) in [5.74, 6) is -0.0297. The first kappa shape index (κ1) is 10.2. The molecule has 0 fully saturated rings. The predicted molar refractivity (Wildman–Crippen MR) is 62.3 cm³/mol. The van der Waals surface area contributed by atoms with E-state index in [4.69, 9.17) is 0 Å². The van der Waals surface area contributed by atoms with Crippen molar-refractivity contribution >= 4 is 32.7 Å². The quantitative estimate of drug-likeness (QED) is 0.889. The molecule has 0 aliphatic rings. The highest BCUT2D eigenvalue weighted by molar-refractivity contribution is 9.10. The third-order valence-electron chi connectivity index (χ3n) is 2.17. The van der Waals surface area contributed by atoms with Crippen molar-refractivity contribution in [2.24, 2.45) is 0 Å². The Kier molecular flexibility index (Phi) is 2.77. The zero-order valence-corrected chi connectivity index (χ0v) is 9.84. The molecule has 0 atom stereocenters. The van der Waals surface area contributed by atoms with Crippen LogP contribution in [-0.4, -0.2) is 10.5 Å². The minimum Gasteiger partial charge on any atom is -0.338 e. The van der Waals surface area contributed by atoms with Gasteiger partial charge in [-0.05, 0) is 24.3 Å². The van der Waals surface area contributed by atoms with Gasteiger partial charge in [-0.2, -0.15) is 0 Å². The number of benzene rings is 1. The van der Waals surface area contributed by atoms with Crippen molar-refractivity contribution in [1.82, 2.24) is 9.88 Å². The van der Waals surface area contributed by atoms with E-state index in [1.807, 2.05) is 29.0 Å². The van der Waals surface area contributed by atoms with E-state index < -0.39 is 0 Å². The van der Waals surface area contributed by atoms with Crippen LogP contribution in [0.25, 0.3) is 10.9 Å². The van der Waals surface area contributed by atoms with Gasteiger partial charge in [0.05, 0.1) is 12.2 Å². The van der Waals surface area contributed by atoms with E-state index in [1.54, 1.807) is 0 Å². The summed E-state index contributed by atoms with van der Waals surface area (Å²) in [6.45, 7) is 2.00. The largest absolute Gasteiger partial charge is 0.338 e. The Morgan fingerprint density at radius 1 is 1.67 bits per heavy atom. The van der Waals surface area contributed by atoms with Gasteiger partial charge in [0.15, 0.2) is 0 Å². The summed E-state index contributed by atoms with van der Waals surface area (Å²) in [5, 5.41) is 3.88. The minimum atomic E-state index is -0.0297. The van der Waals surface area contributed by atoms with Crippen LogP contribution in [0.2, 0.25) is 0 Å². The van der Waals surface area contributed by atoms with Crippen LogP contribution < -0.4 is 5.32 Å². The molecule has 77 valence electrons. The van der Waals surface area contributed by atoms with E-state index in [1.165, 1.54) is 6.92 Å². The Hall–Kier alpha value is -1.29. The molecule has 1 amide bonds. The van der Waals surface area contributed by atoms with E-state index in [9.17, 15) is 4.79 Å². The molecule has 0 aliphatic heterocycles. The fraction of sp³-hybridized carbons (Fsp3) is 0.182. The van der Waals surface area contributed by atoms with Crippen LogP contribution >= 0.6 is 15.9 Å². The average molecular weight is 266 g/mol. The molecule has 0 aliphatic carbocycles. The standard InChI is InChI=1S/C11H10BrN2O/c1-8(15)13-7-14-5-4-9-6-10(12)2-3-11(9)14/h3-6H,7H2,1H3,(H,13,15). The highest BCUT2D eigenvalue weighted by Gasteiger charge is 2.01. The van der Waals surface area contributed by atoms with Crippen molar-refractivity contribution in [3.8, 4) is 0 Å². The molecule has 4 heteroatoms. The topological polar surface area (TPSA) is 34.0 Å². The second-order valence-electron chi connectivity index (χ2n) is 3.30. The van der Waals surface area contributed by atoms with Gasteiger partial charge in [-0.1, -0.05) is 15.9 Å². The lowest BCUT2D eigenvalue weighted by Crippen LogP contribution is -2.22. The zero-order valence-electron chi connectivity index (χ0n) is 8.25. The highest BCUT2D eigenvalue weighted by Crippen LogP contribution is 2.19. The van der Waals surface area contributed by atoms with Gasteiger partial charge >= 0.3 is 0 Å². The molecular formula is C11H10BrN2O. The third kappa shape index (κ3) is 2.21. The molecule has 1 aromatic heterocycles. The lowest BCUT2D eigenvalue weighted by Gasteiger charge is -2.05. The summed E-state index contributed by atoms with van der Waals surface area (Å²) in [6.07, 6.45) is 1.95. The number of halogens is 1. The van der Waals surface area contributed by atoms with Crippen molar-refractivity contribution in [2.45, 2.75) is 13.6 Å². The molecule has 1 radical (unpaired) electrons. The van der Waals surface area contributed by atoms with E-state index in [0.29, 0.717) is 6.67 Å². The van der Waals surface area contributed by atoms with E-state index in [0.717, 1.165) is 15.4 Å². The van der Waals surface area contributed by atoms with Crippen molar-refractivity contribution in [2.75, 3.05) is 0 Å². The monoisotopic (exact) mass is 265 g/mol. The molecule has 0 bridgehead atoms. The van der Waals surface area contributed by atoms with Gasteiger partial charge in [0, 0.05) is 23.0 Å². The summed E-state index contributed by atoms with van der Waals surface area (Å²) < 4.78 is 2.91. The Morgan fingerprint density at radius 2 is 2.47 bits per heavy atom. The molecule has 0 saturated heterocycles. The number of carbonyl (C=O) groups excluding carboxylic acids is 1. The van der Waals surface area contributed by atoms with Crippen LogP contribution in [-0.2, 0) is 11.5 Å². The molecule has 15 heavy (non-hydrogen) atoms. The summed E-state index contributed by atoms with van der Waals surface area (Å²) in [6, 6.07) is 8.98. The van der Waals surface area contributed by atoms with Crippen LogP contribution in [0.3, 0.4) is 0 Å². The number of hydrogen-bond donors (Lipinski definition) is 1. The number of fused-ring (bicyclic) bond motifs is 1. The van der Waals surface area contributed by atoms with E-state index >= 15 is 0 Å². The number of rotatable bonds is 2. The maximum absolute atomic E-state index is 10.8. The van der Waals surface area contributed by atoms with Crippen LogP contribution in [0, 0.1) is 6.07 Å². The first-order valence-corrected chi connectivity index (χ1v) is 5.36. The second-order valence-corrected chi connectivity index (χ2v) is 4.15. The molecule has 1 N–H and O–H groups in total. The van der Waals surface area contributed by atoms with Crippen molar-refractivity contribution in [1.29, 1.82) is 0 Å². The Bertz CT molecular complexity index is 504. The molecule has 0 unspecified atom stereocenters. The van der Waals surface area contributed by atoms with Gasteiger partial charge < -0.3 is 9.88 Å². The number of carbonyl (C=O) groups is 1. The van der Waals surface area contributed by atoms with E-state index in [-0.39, 0.29) is 5.91 Å². The highest BCUT2D eigenvalue weighted by atomic mass is 79.9. The average Bonchev–Trinajstić information content (AvgIpc) is 2.57. The van der Waals surface area contributed by atoms with Crippen LogP contribution in [0.15, 0.2) is 28.9 Å². The first-order chi connectivity index (χ1) is 7.16. The van der Waals surface area contributed by atoms with Crippen molar-refractivity contribution < 1.29 is 4.79 Å². The lowest BCUT2D eigenvalue weighted by molar-refractivity contribution is -0.119. The molecule has 2 rings (SSSR count). The molecular weight excluding hydrogens is 256 g/mol. The Balaban J connectivity index is 2.32. The van der Waals surface area contributed by atoms with Crippen molar-refractivity contribution in [3.05, 3.63) is 34.9 Å². The van der Waals surface area contributed by atoms with Gasteiger partial charge in [-0.15, -0.1) is 0 Å². The van der Waals surface area contributed by atoms with Crippen molar-refractivity contribution in [3.63, 3.8) is 0 Å². The number of nitrogens with zero attached hydrogens (tertiary/aromatic N) is 1. The number of aromatic nitrogens is 1. The lowest BCUT2D eigenvalue weighted by atomic mass is 10.2. The van der Waals surface area contributed by atoms with Gasteiger partial charge in [-0.25, -0.2) is 0 Å². The van der Waals surface area contributed by atoms with Crippen LogP contribution in [0.1, 0.15) is 6.92 Å². The fourth-order valence-corrected chi connectivity index (χ4v) is 1.80. The summed E-state index contributed by atoms with van der Waals surface area (Å²) in [7, 11) is 0. The molecule has 1 heterocycles. The number of amides is 1. The minimum absolute atomic E-state index is 0.0297. The maximum atomic E-state index is 10.8. The summed E-state index contributed by atoms with van der Waals surface area (Å²) in [4.78, 5) is 10.8. The summed E-state index contributed by atoms with van der Waals surface area (Å²) >= 11 is 3.37. The Labute approximate surface area is 96.2 Å². The molecule has 0 spiro atoms. The molecule has 0 saturated carbocycles. The SMILES string of the molecule is CC(=O)NCn1ccc2cc(Br)[c]cc21. The van der Waals surface area contributed by atoms with Crippen LogP contribution in [0.5, 0.6) is 0 Å². The van der Waals surface area contributed by atoms with Gasteiger partial charge in [0.2, 0.25) is 5.91 Å². The third-order valence-corrected chi connectivity index (χ3v) is 2.62. The van der Waals surface area contributed by atoms with Gasteiger partial charge in [0.1, 0.15) is 0 Å². The van der Waals surface area contributed by atoms with E-state index in [2.05, 4.69) is 27.3 Å². The second kappa shape index (κ2) is 4.06. The smallest absolute Gasteiger partial charge is 0.218 e. The zero-order chi connectivity index (χ0) is 10.8. The van der Waals surface area contributed by atoms with Crippen LogP contribution in [0.4, 0.5) is 0 Å². The Morgan fingerprint density at radius 3 is 3.20 bits per heavy atom. The number of nitrogens with one attached hydrogen (secondary N) is 1. The molecule has 1 aromatic carbocycles. The number of hydrogen-bond acceptors (Lipinski definition) is 1. The van der Waals surface area contributed by atoms with Gasteiger partial charge in [0.25, 0.3) is 0 Å². The fourth-order valence-electron chi connectivity index (χ4n) is 1.44. The normalized spacial score (nSPS) is 10.5. The first-order valence-electron chi connectivity index (χ1n) is 4.57. The molecule has 3 nitrogen and oxygen atoms in total.